The number of nitrogens with one attached hydrogen (secondary N) is 1. The fourth-order valence-electron chi connectivity index (χ4n) is 1.16. The van der Waals surface area contributed by atoms with Crippen molar-refractivity contribution in [3.05, 3.63) is 28.2 Å². The maximum atomic E-state index is 12.4. The minimum absolute atomic E-state index is 0.536. The predicted molar refractivity (Wildman–Crippen MR) is 68.8 cm³/mol. The van der Waals surface area contributed by atoms with Crippen LogP contribution in [0.15, 0.2) is 22.7 Å². The Kier molecular flexibility index (Phi) is 4.51. The second-order valence-corrected chi connectivity index (χ2v) is 5.43. The molecule has 0 fully saturated rings. The lowest BCUT2D eigenvalue weighted by atomic mass is 10.2. The molecule has 1 aromatic carbocycles. The standard InChI is InChI=1S/C12H15BrFNO2/c1-12(2,3)17-11(16)15-10-5-4-8(7-14)6-9(10)13/h4-6H,7H2,1-3H3,(H,15,16). The molecule has 3 nitrogen and oxygen atoms in total. The summed E-state index contributed by atoms with van der Waals surface area (Å²) >= 11 is 3.26. The summed E-state index contributed by atoms with van der Waals surface area (Å²) < 4.78 is 18.1. The summed E-state index contributed by atoms with van der Waals surface area (Å²) in [4.78, 5) is 11.5. The van der Waals surface area contributed by atoms with E-state index < -0.39 is 18.4 Å². The quantitative estimate of drug-likeness (QED) is 0.886. The summed E-state index contributed by atoms with van der Waals surface area (Å²) in [6.07, 6.45) is -0.536. The van der Waals surface area contributed by atoms with E-state index in [4.69, 9.17) is 4.74 Å². The van der Waals surface area contributed by atoms with E-state index in [1.54, 1.807) is 39.0 Å². The van der Waals surface area contributed by atoms with E-state index in [1.165, 1.54) is 0 Å². The molecule has 5 heteroatoms. The van der Waals surface area contributed by atoms with Crippen molar-refractivity contribution in [1.29, 1.82) is 0 Å². The molecule has 1 aromatic rings. The Hall–Kier alpha value is -1.10. The van der Waals surface area contributed by atoms with Crippen molar-refractivity contribution < 1.29 is 13.9 Å². The van der Waals surface area contributed by atoms with Gasteiger partial charge in [-0.05, 0) is 54.4 Å². The Balaban J connectivity index is 2.72. The normalized spacial score (nSPS) is 11.1. The second kappa shape index (κ2) is 5.49. The Morgan fingerprint density at radius 3 is 2.59 bits per heavy atom. The Morgan fingerprint density at radius 2 is 2.12 bits per heavy atom. The summed E-state index contributed by atoms with van der Waals surface area (Å²) in [5.74, 6) is 0. The van der Waals surface area contributed by atoms with Crippen LogP contribution in [0.2, 0.25) is 0 Å². The monoisotopic (exact) mass is 303 g/mol. The van der Waals surface area contributed by atoms with E-state index in [0.717, 1.165) is 0 Å². The molecular formula is C12H15BrFNO2. The highest BCUT2D eigenvalue weighted by Crippen LogP contribution is 2.24. The number of halogens is 2. The molecule has 1 rings (SSSR count). The summed E-state index contributed by atoms with van der Waals surface area (Å²) in [6.45, 7) is 4.82. The first kappa shape index (κ1) is 14.0. The molecule has 1 amide bonds. The van der Waals surface area contributed by atoms with E-state index >= 15 is 0 Å². The van der Waals surface area contributed by atoms with Crippen LogP contribution in [0.3, 0.4) is 0 Å². The molecule has 0 atom stereocenters. The molecule has 0 aliphatic heterocycles. The highest BCUT2D eigenvalue weighted by Gasteiger charge is 2.16. The lowest BCUT2D eigenvalue weighted by Gasteiger charge is -2.20. The average Bonchev–Trinajstić information content (AvgIpc) is 2.18. The first-order valence-corrected chi connectivity index (χ1v) is 5.95. The molecule has 0 spiro atoms. The van der Waals surface area contributed by atoms with E-state index in [0.29, 0.717) is 15.7 Å². The fraction of sp³-hybridized carbons (Fsp3) is 0.417. The van der Waals surface area contributed by atoms with Crippen LogP contribution in [-0.4, -0.2) is 11.7 Å². The van der Waals surface area contributed by atoms with Crippen LogP contribution in [0.5, 0.6) is 0 Å². The molecule has 0 heterocycles. The van der Waals surface area contributed by atoms with Crippen molar-refractivity contribution >= 4 is 27.7 Å². The van der Waals surface area contributed by atoms with Crippen molar-refractivity contribution in [2.24, 2.45) is 0 Å². The zero-order chi connectivity index (χ0) is 13.1. The molecule has 0 unspecified atom stereocenters. The van der Waals surface area contributed by atoms with E-state index in [1.807, 2.05) is 0 Å². The third kappa shape index (κ3) is 4.73. The van der Waals surface area contributed by atoms with Crippen LogP contribution in [0.1, 0.15) is 26.3 Å². The van der Waals surface area contributed by atoms with Crippen LogP contribution in [-0.2, 0) is 11.4 Å². The lowest BCUT2D eigenvalue weighted by Crippen LogP contribution is -2.27. The molecule has 0 aromatic heterocycles. The Bertz CT molecular complexity index is 415. The number of ether oxygens (including phenoxy) is 1. The number of amides is 1. The first-order chi connectivity index (χ1) is 7.81. The minimum atomic E-state index is -0.546. The van der Waals surface area contributed by atoms with Crippen LogP contribution >= 0.6 is 15.9 Å². The predicted octanol–water partition coefficient (Wildman–Crippen LogP) is 4.27. The van der Waals surface area contributed by atoms with Gasteiger partial charge in [-0.25, -0.2) is 9.18 Å². The number of hydrogen-bond acceptors (Lipinski definition) is 2. The zero-order valence-electron chi connectivity index (χ0n) is 10.0. The van der Waals surface area contributed by atoms with Gasteiger partial charge in [-0.2, -0.15) is 0 Å². The van der Waals surface area contributed by atoms with Crippen molar-refractivity contribution in [2.75, 3.05) is 5.32 Å². The molecule has 0 saturated heterocycles. The summed E-state index contributed by atoms with van der Waals surface area (Å²) in [6, 6.07) is 4.85. The van der Waals surface area contributed by atoms with Gasteiger partial charge in [-0.15, -0.1) is 0 Å². The van der Waals surface area contributed by atoms with E-state index in [2.05, 4.69) is 21.2 Å². The fourth-order valence-corrected chi connectivity index (χ4v) is 1.68. The highest BCUT2D eigenvalue weighted by molar-refractivity contribution is 9.10. The number of hydrogen-bond donors (Lipinski definition) is 1. The number of alkyl halides is 1. The van der Waals surface area contributed by atoms with Gasteiger partial charge in [0.25, 0.3) is 0 Å². The Morgan fingerprint density at radius 1 is 1.47 bits per heavy atom. The number of carbonyl (C=O) groups excluding carboxylic acids is 1. The molecule has 0 aliphatic rings. The van der Waals surface area contributed by atoms with Gasteiger partial charge in [-0.3, -0.25) is 5.32 Å². The van der Waals surface area contributed by atoms with Gasteiger partial charge in [0.2, 0.25) is 0 Å². The van der Waals surface area contributed by atoms with Crippen molar-refractivity contribution in [3.8, 4) is 0 Å². The maximum Gasteiger partial charge on any atom is 0.412 e. The number of rotatable bonds is 2. The zero-order valence-corrected chi connectivity index (χ0v) is 11.6. The van der Waals surface area contributed by atoms with Gasteiger partial charge < -0.3 is 4.74 Å². The van der Waals surface area contributed by atoms with Gasteiger partial charge >= 0.3 is 6.09 Å². The number of benzene rings is 1. The second-order valence-electron chi connectivity index (χ2n) is 4.57. The van der Waals surface area contributed by atoms with Crippen LogP contribution in [0, 0.1) is 0 Å². The average molecular weight is 304 g/mol. The minimum Gasteiger partial charge on any atom is -0.444 e. The molecule has 0 radical (unpaired) electrons. The highest BCUT2D eigenvalue weighted by atomic mass is 79.9. The van der Waals surface area contributed by atoms with Crippen LogP contribution in [0.25, 0.3) is 0 Å². The van der Waals surface area contributed by atoms with Gasteiger partial charge in [0, 0.05) is 4.47 Å². The SMILES string of the molecule is CC(C)(C)OC(=O)Nc1ccc(CF)cc1Br. The molecule has 0 bridgehead atoms. The topological polar surface area (TPSA) is 38.3 Å². The Labute approximate surface area is 108 Å². The molecule has 17 heavy (non-hydrogen) atoms. The van der Waals surface area contributed by atoms with Gasteiger partial charge in [-0.1, -0.05) is 6.07 Å². The van der Waals surface area contributed by atoms with E-state index in [9.17, 15) is 9.18 Å². The maximum absolute atomic E-state index is 12.4. The van der Waals surface area contributed by atoms with Gasteiger partial charge in [0.05, 0.1) is 5.69 Å². The van der Waals surface area contributed by atoms with E-state index in [-0.39, 0.29) is 0 Å². The molecule has 0 saturated carbocycles. The summed E-state index contributed by atoms with van der Waals surface area (Å²) in [5, 5.41) is 2.59. The van der Waals surface area contributed by atoms with Crippen molar-refractivity contribution in [1.82, 2.24) is 0 Å². The lowest BCUT2D eigenvalue weighted by molar-refractivity contribution is 0.0636. The van der Waals surface area contributed by atoms with Gasteiger partial charge in [0.15, 0.2) is 0 Å². The van der Waals surface area contributed by atoms with Crippen molar-refractivity contribution in [2.45, 2.75) is 33.0 Å². The summed E-state index contributed by atoms with van der Waals surface area (Å²) in [7, 11) is 0. The number of anilines is 1. The third-order valence-electron chi connectivity index (χ3n) is 1.82. The van der Waals surface area contributed by atoms with Crippen LogP contribution < -0.4 is 5.32 Å². The third-order valence-corrected chi connectivity index (χ3v) is 2.48. The molecular weight excluding hydrogens is 289 g/mol. The first-order valence-electron chi connectivity index (χ1n) is 5.16. The number of carbonyl (C=O) groups is 1. The smallest absolute Gasteiger partial charge is 0.412 e. The summed E-state index contributed by atoms with van der Waals surface area (Å²) in [5.41, 5.74) is 0.554. The molecule has 1 N–H and O–H groups in total. The molecule has 0 aliphatic carbocycles. The van der Waals surface area contributed by atoms with Crippen molar-refractivity contribution in [3.63, 3.8) is 0 Å². The van der Waals surface area contributed by atoms with Gasteiger partial charge in [0.1, 0.15) is 12.3 Å². The van der Waals surface area contributed by atoms with Crippen LogP contribution in [0.4, 0.5) is 14.9 Å². The molecule has 94 valence electrons. The largest absolute Gasteiger partial charge is 0.444 e.